The lowest BCUT2D eigenvalue weighted by molar-refractivity contribution is -0.0486. The highest BCUT2D eigenvalue weighted by Crippen LogP contribution is 2.37. The van der Waals surface area contributed by atoms with Gasteiger partial charge in [-0.3, -0.25) is 9.73 Å². The second-order valence-corrected chi connectivity index (χ2v) is 7.07. The average Bonchev–Trinajstić information content (AvgIpc) is 3.14. The minimum absolute atomic E-state index is 0.164. The molecule has 1 aromatic carbocycles. The largest absolute Gasteiger partial charge is 0.516 e. The number of hydrogen-bond acceptors (Lipinski definition) is 5. The van der Waals surface area contributed by atoms with Crippen molar-refractivity contribution in [3.05, 3.63) is 65.8 Å². The maximum atomic E-state index is 12.2. The highest BCUT2D eigenvalue weighted by Gasteiger charge is 2.40. The third-order valence-electron chi connectivity index (χ3n) is 4.61. The Morgan fingerprint density at radius 3 is 2.96 bits per heavy atom. The zero-order valence-electron chi connectivity index (χ0n) is 15.5. The average molecular weight is 382 g/mol. The van der Waals surface area contributed by atoms with E-state index in [4.69, 9.17) is 18.3 Å². The zero-order chi connectivity index (χ0) is 19.7. The molecule has 4 rings (SSSR count). The summed E-state index contributed by atoms with van der Waals surface area (Å²) in [7, 11) is 0. The first kappa shape index (κ1) is 17.9. The summed E-state index contributed by atoms with van der Waals surface area (Å²) in [5.74, 6) is 1.27. The zero-order valence-corrected chi connectivity index (χ0v) is 15.5. The van der Waals surface area contributed by atoms with E-state index in [9.17, 15) is 9.59 Å². The van der Waals surface area contributed by atoms with Crippen LogP contribution in [0, 0.1) is 0 Å². The summed E-state index contributed by atoms with van der Waals surface area (Å²) >= 11 is 0. The van der Waals surface area contributed by atoms with Crippen LogP contribution in [-0.2, 0) is 11.2 Å². The van der Waals surface area contributed by atoms with Gasteiger partial charge < -0.3 is 18.7 Å². The number of furan rings is 1. The molecule has 7 nitrogen and oxygen atoms in total. The molecule has 2 aromatic heterocycles. The molecular weight excluding hydrogens is 362 g/mol. The van der Waals surface area contributed by atoms with Crippen molar-refractivity contribution in [2.45, 2.75) is 32.0 Å². The van der Waals surface area contributed by atoms with Gasteiger partial charge in [0.25, 0.3) is 5.58 Å². The topological polar surface area (TPSA) is 95.2 Å². The molecule has 3 heterocycles. The van der Waals surface area contributed by atoms with Crippen LogP contribution in [0.15, 0.2) is 57.7 Å². The highest BCUT2D eigenvalue weighted by atomic mass is 16.6. The minimum Gasteiger partial charge on any atom is -0.483 e. The minimum atomic E-state index is -0.737. The Kier molecular flexibility index (Phi) is 4.43. The molecule has 0 fully saturated rings. The van der Waals surface area contributed by atoms with Crippen molar-refractivity contribution in [2.75, 3.05) is 0 Å². The van der Waals surface area contributed by atoms with Crippen LogP contribution in [0.2, 0.25) is 0 Å². The van der Waals surface area contributed by atoms with E-state index >= 15 is 0 Å². The van der Waals surface area contributed by atoms with Crippen molar-refractivity contribution >= 4 is 23.1 Å². The molecule has 1 aliphatic rings. The van der Waals surface area contributed by atoms with Crippen LogP contribution >= 0.6 is 0 Å². The van der Waals surface area contributed by atoms with Crippen molar-refractivity contribution < 1.29 is 27.9 Å². The molecular formula is C21H20NO6+. The molecule has 0 bridgehead atoms. The first-order valence-corrected chi connectivity index (χ1v) is 8.86. The predicted molar refractivity (Wildman–Crippen MR) is 101 cm³/mol. The van der Waals surface area contributed by atoms with Crippen LogP contribution in [0.3, 0.4) is 0 Å². The van der Waals surface area contributed by atoms with E-state index in [2.05, 4.69) is 5.32 Å². The van der Waals surface area contributed by atoms with Gasteiger partial charge >= 0.3 is 11.7 Å². The molecule has 0 radical (unpaired) electrons. The van der Waals surface area contributed by atoms with Crippen molar-refractivity contribution in [3.63, 3.8) is 0 Å². The van der Waals surface area contributed by atoms with Gasteiger partial charge in [-0.25, -0.2) is 4.79 Å². The van der Waals surface area contributed by atoms with Crippen molar-refractivity contribution in [1.29, 1.82) is 0 Å². The molecule has 144 valence electrons. The molecule has 7 heteroatoms. The molecule has 0 saturated carbocycles. The molecule has 2 N–H and O–H groups in total. The molecule has 0 spiro atoms. The van der Waals surface area contributed by atoms with E-state index in [1.54, 1.807) is 36.6 Å². The molecule has 0 saturated heterocycles. The summed E-state index contributed by atoms with van der Waals surface area (Å²) in [6.45, 7) is 3.72. The summed E-state index contributed by atoms with van der Waals surface area (Å²) in [5.41, 5.74) is 0.522. The monoisotopic (exact) mass is 382 g/mol. The van der Waals surface area contributed by atoms with Gasteiger partial charge in [-0.1, -0.05) is 0 Å². The van der Waals surface area contributed by atoms with Gasteiger partial charge in [0, 0.05) is 18.0 Å². The van der Waals surface area contributed by atoms with Gasteiger partial charge in [-0.05, 0) is 49.8 Å². The van der Waals surface area contributed by atoms with E-state index in [1.807, 2.05) is 19.9 Å². The Labute approximate surface area is 160 Å². The number of amides is 1. The van der Waals surface area contributed by atoms with Crippen LogP contribution in [-0.4, -0.2) is 22.6 Å². The lowest BCUT2D eigenvalue weighted by atomic mass is 9.90. The van der Waals surface area contributed by atoms with Crippen LogP contribution in [0.25, 0.3) is 17.0 Å². The van der Waals surface area contributed by atoms with E-state index in [1.165, 1.54) is 12.3 Å². The fourth-order valence-electron chi connectivity index (χ4n) is 3.13. The number of carbonyl (C=O) groups is 1. The number of ether oxygens (including phenoxy) is 2. The molecule has 0 aliphatic carbocycles. The highest BCUT2D eigenvalue weighted by molar-refractivity contribution is 5.79. The smallest absolute Gasteiger partial charge is 0.483 e. The van der Waals surface area contributed by atoms with Crippen LogP contribution < -0.4 is 15.7 Å². The quantitative estimate of drug-likeness (QED) is 0.552. The number of hydrogen-bond donors (Lipinski definition) is 1. The number of benzene rings is 1. The summed E-state index contributed by atoms with van der Waals surface area (Å²) in [5, 5.41) is 3.39. The molecule has 3 aromatic rings. The molecule has 1 amide bonds. The first-order chi connectivity index (χ1) is 13.4. The fourth-order valence-corrected chi connectivity index (χ4v) is 3.13. The van der Waals surface area contributed by atoms with E-state index in [-0.39, 0.29) is 5.63 Å². The fraction of sp³-hybridized carbons (Fsp3) is 0.238. The Hall–Kier alpha value is -3.48. The standard InChI is InChI=1S/C21H19NO6/c1-21(2)18(27-20(24)22-8-7-15-4-3-9-25-15)11-14-10-13-5-6-19(23)26-16(13)12-17(14)28-21/h3-10,12,18H,11H2,1-2H3,(H,22,24)/p+1/b8-7+/t18-/m0/s1. The number of nitrogens with one attached hydrogen (secondary N) is 1. The van der Waals surface area contributed by atoms with Crippen LogP contribution in [0.1, 0.15) is 25.2 Å². The number of rotatable bonds is 3. The number of alkyl carbamates (subject to hydrolysis) is 1. The second-order valence-electron chi connectivity index (χ2n) is 7.07. The first-order valence-electron chi connectivity index (χ1n) is 8.86. The molecule has 0 unspecified atom stereocenters. The van der Waals surface area contributed by atoms with Gasteiger partial charge in [0.05, 0.1) is 18.4 Å². The molecule has 1 aliphatic heterocycles. The van der Waals surface area contributed by atoms with Gasteiger partial charge in [-0.15, -0.1) is 0 Å². The van der Waals surface area contributed by atoms with Gasteiger partial charge in [-0.2, -0.15) is 0 Å². The Balaban J connectivity index is 1.50. The third-order valence-corrected chi connectivity index (χ3v) is 4.61. The van der Waals surface area contributed by atoms with Gasteiger partial charge in [0.15, 0.2) is 0 Å². The summed E-state index contributed by atoms with van der Waals surface area (Å²) in [4.78, 5) is 21.7. The molecule has 28 heavy (non-hydrogen) atoms. The second kappa shape index (κ2) is 6.92. The summed E-state index contributed by atoms with van der Waals surface area (Å²) < 4.78 is 22.1. The normalized spacial score (nSPS) is 17.9. The van der Waals surface area contributed by atoms with Gasteiger partial charge in [0.1, 0.15) is 23.2 Å². The molecule has 1 atom stereocenters. The SMILES string of the molecule is CC1(C)Oc2cc3oc(=[OH+])ccc3cc2C[C@@H]1OC(=O)N/C=C/c1ccco1. The van der Waals surface area contributed by atoms with Crippen LogP contribution in [0.4, 0.5) is 4.79 Å². The van der Waals surface area contributed by atoms with E-state index in [0.29, 0.717) is 23.5 Å². The lowest BCUT2D eigenvalue weighted by Gasteiger charge is -2.38. The van der Waals surface area contributed by atoms with Crippen molar-refractivity contribution in [1.82, 2.24) is 5.32 Å². The predicted octanol–water partition coefficient (Wildman–Crippen LogP) is 3.51. The van der Waals surface area contributed by atoms with Crippen molar-refractivity contribution in [2.24, 2.45) is 0 Å². The lowest BCUT2D eigenvalue weighted by Crippen LogP contribution is -2.49. The van der Waals surface area contributed by atoms with Crippen molar-refractivity contribution in [3.8, 4) is 5.75 Å². The van der Waals surface area contributed by atoms with E-state index in [0.717, 1.165) is 10.9 Å². The van der Waals surface area contributed by atoms with Crippen LogP contribution in [0.5, 0.6) is 5.75 Å². The van der Waals surface area contributed by atoms with Gasteiger partial charge in [0.2, 0.25) is 0 Å². The number of carbonyl (C=O) groups excluding carboxylic acids is 1. The maximum Gasteiger partial charge on any atom is 0.516 e. The Morgan fingerprint density at radius 2 is 2.18 bits per heavy atom. The maximum absolute atomic E-state index is 12.2. The van der Waals surface area contributed by atoms with E-state index < -0.39 is 17.8 Å². The Morgan fingerprint density at radius 1 is 1.32 bits per heavy atom. The summed E-state index contributed by atoms with van der Waals surface area (Å²) in [6.07, 6.45) is 4.08. The third kappa shape index (κ3) is 3.64. The Bertz CT molecular complexity index is 1090. The number of fused-ring (bicyclic) bond motifs is 2. The summed E-state index contributed by atoms with van der Waals surface area (Å²) in [6, 6.07) is 10.4.